The second-order valence-electron chi connectivity index (χ2n) is 4.93. The Morgan fingerprint density at radius 3 is 2.88 bits per heavy atom. The van der Waals surface area contributed by atoms with Crippen LogP contribution in [0.5, 0.6) is 0 Å². The van der Waals surface area contributed by atoms with Gasteiger partial charge in [-0.1, -0.05) is 25.1 Å². The van der Waals surface area contributed by atoms with Crippen LogP contribution in [0.1, 0.15) is 42.9 Å². The van der Waals surface area contributed by atoms with Crippen LogP contribution in [0.3, 0.4) is 0 Å². The van der Waals surface area contributed by atoms with E-state index in [0.29, 0.717) is 5.92 Å². The third kappa shape index (κ3) is 1.46. The lowest BCUT2D eigenvalue weighted by atomic mass is 9.80. The molecule has 1 aliphatic carbocycles. The van der Waals surface area contributed by atoms with Crippen molar-refractivity contribution < 1.29 is 4.79 Å². The third-order valence-electron chi connectivity index (χ3n) is 3.85. The summed E-state index contributed by atoms with van der Waals surface area (Å²) in [4.78, 5) is 15.0. The van der Waals surface area contributed by atoms with Crippen molar-refractivity contribution in [3.05, 3.63) is 35.5 Å². The van der Waals surface area contributed by atoms with Crippen LogP contribution in [-0.2, 0) is 4.79 Å². The van der Waals surface area contributed by atoms with Crippen molar-refractivity contribution in [1.82, 2.24) is 4.98 Å². The smallest absolute Gasteiger partial charge is 0.225 e. The van der Waals surface area contributed by atoms with Crippen LogP contribution in [0, 0.1) is 0 Å². The van der Waals surface area contributed by atoms with Crippen molar-refractivity contribution in [3.8, 4) is 0 Å². The Morgan fingerprint density at radius 2 is 2.12 bits per heavy atom. The molecule has 2 atom stereocenters. The normalized spacial score (nSPS) is 23.6. The highest BCUT2D eigenvalue weighted by Gasteiger charge is 2.31. The maximum atomic E-state index is 11.6. The van der Waals surface area contributed by atoms with Gasteiger partial charge in [0.1, 0.15) is 0 Å². The van der Waals surface area contributed by atoms with Gasteiger partial charge in [-0.25, -0.2) is 0 Å². The number of primary amides is 1. The molecule has 1 aromatic carbocycles. The second kappa shape index (κ2) is 3.62. The molecule has 1 amide bonds. The average Bonchev–Trinajstić information content (AvgIpc) is 2.69. The summed E-state index contributed by atoms with van der Waals surface area (Å²) < 4.78 is 0. The molecule has 0 radical (unpaired) electrons. The average molecular weight is 228 g/mol. The summed E-state index contributed by atoms with van der Waals surface area (Å²) in [5, 5.41) is 1.15. The molecule has 0 fully saturated rings. The van der Waals surface area contributed by atoms with Crippen molar-refractivity contribution in [2.24, 2.45) is 5.73 Å². The number of carbonyl (C=O) groups is 1. The Morgan fingerprint density at radius 1 is 1.35 bits per heavy atom. The van der Waals surface area contributed by atoms with Gasteiger partial charge < -0.3 is 10.7 Å². The van der Waals surface area contributed by atoms with E-state index in [9.17, 15) is 4.79 Å². The van der Waals surface area contributed by atoms with Gasteiger partial charge in [0, 0.05) is 16.6 Å². The number of benzene rings is 1. The van der Waals surface area contributed by atoms with Crippen LogP contribution in [0.15, 0.2) is 24.3 Å². The second-order valence-corrected chi connectivity index (χ2v) is 4.93. The molecule has 0 saturated carbocycles. The minimum absolute atomic E-state index is 0.127. The standard InChI is InChI=1S/C14H16N2O/c1-8-6-7-10(14(15)17)12-9-4-2-3-5-11(9)16-13(8)12/h2-5,8,10,16H,6-7H2,1H3,(H2,15,17). The molecular weight excluding hydrogens is 212 g/mol. The number of carbonyl (C=O) groups excluding carboxylic acids is 1. The Hall–Kier alpha value is -1.77. The molecule has 17 heavy (non-hydrogen) atoms. The van der Waals surface area contributed by atoms with E-state index in [0.717, 1.165) is 29.3 Å². The van der Waals surface area contributed by atoms with Crippen molar-refractivity contribution in [3.63, 3.8) is 0 Å². The van der Waals surface area contributed by atoms with Gasteiger partial charge in [-0.05, 0) is 30.4 Å². The molecule has 1 aliphatic rings. The van der Waals surface area contributed by atoms with Crippen LogP contribution in [0.25, 0.3) is 10.9 Å². The molecule has 88 valence electrons. The van der Waals surface area contributed by atoms with E-state index in [1.54, 1.807) is 0 Å². The lowest BCUT2D eigenvalue weighted by Gasteiger charge is -2.25. The molecule has 1 aromatic heterocycles. The van der Waals surface area contributed by atoms with E-state index in [-0.39, 0.29) is 11.8 Å². The molecule has 2 aromatic rings. The predicted octanol–water partition coefficient (Wildman–Crippen LogP) is 2.63. The Labute approximate surface area is 100 Å². The maximum absolute atomic E-state index is 11.6. The van der Waals surface area contributed by atoms with Gasteiger partial charge in [0.25, 0.3) is 0 Å². The van der Waals surface area contributed by atoms with E-state index < -0.39 is 0 Å². The first-order valence-electron chi connectivity index (χ1n) is 6.08. The molecule has 0 spiro atoms. The van der Waals surface area contributed by atoms with Crippen LogP contribution < -0.4 is 5.73 Å². The van der Waals surface area contributed by atoms with Crippen LogP contribution in [0.2, 0.25) is 0 Å². The summed E-state index contributed by atoms with van der Waals surface area (Å²) in [6.45, 7) is 2.20. The third-order valence-corrected chi connectivity index (χ3v) is 3.85. The zero-order chi connectivity index (χ0) is 12.0. The Balaban J connectivity index is 2.30. The largest absolute Gasteiger partial charge is 0.369 e. The molecule has 2 unspecified atom stereocenters. The zero-order valence-electron chi connectivity index (χ0n) is 9.86. The summed E-state index contributed by atoms with van der Waals surface area (Å²) in [5.41, 5.74) is 8.96. The van der Waals surface area contributed by atoms with Crippen LogP contribution in [-0.4, -0.2) is 10.9 Å². The van der Waals surface area contributed by atoms with Crippen molar-refractivity contribution >= 4 is 16.8 Å². The predicted molar refractivity (Wildman–Crippen MR) is 67.9 cm³/mol. The lowest BCUT2D eigenvalue weighted by Crippen LogP contribution is -2.25. The van der Waals surface area contributed by atoms with E-state index in [1.807, 2.05) is 12.1 Å². The number of hydrogen-bond acceptors (Lipinski definition) is 1. The number of amides is 1. The summed E-state index contributed by atoms with van der Waals surface area (Å²) in [6, 6.07) is 8.14. The van der Waals surface area contributed by atoms with Gasteiger partial charge in [0.15, 0.2) is 0 Å². The number of fused-ring (bicyclic) bond motifs is 3. The van der Waals surface area contributed by atoms with E-state index >= 15 is 0 Å². The molecule has 3 rings (SSSR count). The molecule has 0 bridgehead atoms. The fourth-order valence-corrected chi connectivity index (χ4v) is 2.94. The molecule has 3 N–H and O–H groups in total. The fourth-order valence-electron chi connectivity index (χ4n) is 2.94. The summed E-state index contributed by atoms with van der Waals surface area (Å²) >= 11 is 0. The minimum Gasteiger partial charge on any atom is -0.369 e. The summed E-state index contributed by atoms with van der Waals surface area (Å²) in [5.74, 6) is 0.147. The molecule has 0 saturated heterocycles. The van der Waals surface area contributed by atoms with Gasteiger partial charge in [-0.15, -0.1) is 0 Å². The van der Waals surface area contributed by atoms with Gasteiger partial charge in [-0.3, -0.25) is 4.79 Å². The summed E-state index contributed by atoms with van der Waals surface area (Å²) in [7, 11) is 0. The van der Waals surface area contributed by atoms with Crippen molar-refractivity contribution in [1.29, 1.82) is 0 Å². The van der Waals surface area contributed by atoms with E-state index in [1.165, 1.54) is 5.69 Å². The molecule has 3 nitrogen and oxygen atoms in total. The number of nitrogens with two attached hydrogens (primary N) is 1. The van der Waals surface area contributed by atoms with E-state index in [2.05, 4.69) is 24.0 Å². The van der Waals surface area contributed by atoms with Crippen molar-refractivity contribution in [2.45, 2.75) is 31.6 Å². The van der Waals surface area contributed by atoms with Gasteiger partial charge in [0.05, 0.1) is 5.92 Å². The van der Waals surface area contributed by atoms with Gasteiger partial charge in [0.2, 0.25) is 5.91 Å². The van der Waals surface area contributed by atoms with Gasteiger partial charge >= 0.3 is 0 Å². The van der Waals surface area contributed by atoms with Crippen molar-refractivity contribution in [2.75, 3.05) is 0 Å². The fraction of sp³-hybridized carbons (Fsp3) is 0.357. The molecule has 3 heteroatoms. The molecule has 0 aliphatic heterocycles. The first-order valence-corrected chi connectivity index (χ1v) is 6.08. The number of H-pyrrole nitrogens is 1. The van der Waals surface area contributed by atoms with Crippen LogP contribution in [0.4, 0.5) is 0 Å². The number of aromatic nitrogens is 1. The highest BCUT2D eigenvalue weighted by molar-refractivity contribution is 5.93. The molecular formula is C14H16N2O. The Kier molecular flexibility index (Phi) is 2.21. The molecule has 1 heterocycles. The maximum Gasteiger partial charge on any atom is 0.225 e. The Bertz CT molecular complexity index is 585. The highest BCUT2D eigenvalue weighted by atomic mass is 16.1. The first kappa shape index (κ1) is 10.4. The highest BCUT2D eigenvalue weighted by Crippen LogP contribution is 2.42. The number of hydrogen-bond donors (Lipinski definition) is 2. The number of rotatable bonds is 1. The van der Waals surface area contributed by atoms with Crippen LogP contribution >= 0.6 is 0 Å². The summed E-state index contributed by atoms with van der Waals surface area (Å²) in [6.07, 6.45) is 1.89. The number of nitrogens with one attached hydrogen (secondary N) is 1. The first-order chi connectivity index (χ1) is 8.18. The number of aromatic amines is 1. The van der Waals surface area contributed by atoms with E-state index in [4.69, 9.17) is 5.73 Å². The monoisotopic (exact) mass is 228 g/mol. The topological polar surface area (TPSA) is 58.9 Å². The number of para-hydroxylation sites is 1. The van der Waals surface area contributed by atoms with Gasteiger partial charge in [-0.2, -0.15) is 0 Å². The SMILES string of the molecule is CC1CCC(C(N)=O)c2c1[nH]c1ccccc21. The quantitative estimate of drug-likeness (QED) is 0.774. The lowest BCUT2D eigenvalue weighted by molar-refractivity contribution is -0.119. The minimum atomic E-state index is -0.206. The zero-order valence-corrected chi connectivity index (χ0v) is 9.86.